The Morgan fingerprint density at radius 3 is 2.71 bits per heavy atom. The molecule has 2 N–H and O–H groups in total. The summed E-state index contributed by atoms with van der Waals surface area (Å²) in [6.07, 6.45) is 0.200. The number of hydrogen-bond acceptors (Lipinski definition) is 3. The number of guanidine groups is 1. The standard InChI is InChI=1S/C18H17ClFN3O/c1-18(10-15(24)23(2)17(21)22-18)12-6-3-5-11(9-12)13-7-4-8-14(19)16(13)20/h3-9H,10H2,1-2H3,(H2,21,22). The van der Waals surface area contributed by atoms with E-state index in [1.165, 1.54) is 11.0 Å². The van der Waals surface area contributed by atoms with Gasteiger partial charge in [-0.25, -0.2) is 9.38 Å². The van der Waals surface area contributed by atoms with E-state index >= 15 is 0 Å². The lowest BCUT2D eigenvalue weighted by Crippen LogP contribution is -2.47. The van der Waals surface area contributed by atoms with Crippen molar-refractivity contribution in [3.8, 4) is 11.1 Å². The number of nitrogens with zero attached hydrogens (tertiary/aromatic N) is 2. The Kier molecular flexibility index (Phi) is 4.05. The van der Waals surface area contributed by atoms with Crippen LogP contribution in [-0.4, -0.2) is 23.8 Å². The third-order valence-corrected chi connectivity index (χ3v) is 4.61. The highest BCUT2D eigenvalue weighted by Crippen LogP contribution is 2.36. The van der Waals surface area contributed by atoms with Crippen molar-refractivity contribution in [3.05, 3.63) is 58.9 Å². The SMILES string of the molecule is CN1C(=O)CC(C)(c2cccc(-c3cccc(Cl)c3F)c2)N=C1N. The molecule has 124 valence electrons. The van der Waals surface area contributed by atoms with Crippen LogP contribution in [0.15, 0.2) is 47.5 Å². The number of benzene rings is 2. The number of carbonyl (C=O) groups is 1. The molecule has 0 fully saturated rings. The fraction of sp³-hybridized carbons (Fsp3) is 0.222. The molecule has 1 unspecified atom stereocenters. The number of carbonyl (C=O) groups excluding carboxylic acids is 1. The monoisotopic (exact) mass is 345 g/mol. The predicted molar refractivity (Wildman–Crippen MR) is 93.2 cm³/mol. The third kappa shape index (κ3) is 2.76. The highest BCUT2D eigenvalue weighted by Gasteiger charge is 2.36. The van der Waals surface area contributed by atoms with Crippen molar-refractivity contribution in [3.63, 3.8) is 0 Å². The molecule has 0 saturated carbocycles. The minimum atomic E-state index is -0.779. The maximum absolute atomic E-state index is 14.3. The molecule has 4 nitrogen and oxygen atoms in total. The Morgan fingerprint density at radius 2 is 2.00 bits per heavy atom. The zero-order chi connectivity index (χ0) is 17.5. The number of aliphatic imine (C=N–C) groups is 1. The van der Waals surface area contributed by atoms with E-state index in [2.05, 4.69) is 4.99 Å². The second-order valence-corrected chi connectivity index (χ2v) is 6.46. The Labute approximate surface area is 144 Å². The average molecular weight is 346 g/mol. The lowest BCUT2D eigenvalue weighted by molar-refractivity contribution is -0.128. The molecule has 1 aliphatic heterocycles. The normalized spacial score (nSPS) is 20.9. The summed E-state index contributed by atoms with van der Waals surface area (Å²) in [6.45, 7) is 1.85. The molecule has 0 bridgehead atoms. The minimum Gasteiger partial charge on any atom is -0.369 e. The van der Waals surface area contributed by atoms with Gasteiger partial charge in [0.1, 0.15) is 5.82 Å². The first-order chi connectivity index (χ1) is 11.3. The maximum atomic E-state index is 14.3. The van der Waals surface area contributed by atoms with Crippen molar-refractivity contribution in [2.75, 3.05) is 7.05 Å². The maximum Gasteiger partial charge on any atom is 0.231 e. The van der Waals surface area contributed by atoms with Gasteiger partial charge in [0.25, 0.3) is 0 Å². The molecule has 1 amide bonds. The third-order valence-electron chi connectivity index (χ3n) is 4.32. The Balaban J connectivity index is 2.09. The molecule has 2 aromatic carbocycles. The molecular formula is C18H17ClFN3O. The van der Waals surface area contributed by atoms with Crippen LogP contribution in [0.5, 0.6) is 0 Å². The Morgan fingerprint density at radius 1 is 1.29 bits per heavy atom. The molecule has 6 heteroatoms. The fourth-order valence-electron chi connectivity index (χ4n) is 2.82. The smallest absolute Gasteiger partial charge is 0.231 e. The first-order valence-electron chi connectivity index (χ1n) is 7.48. The molecule has 0 radical (unpaired) electrons. The van der Waals surface area contributed by atoms with Crippen molar-refractivity contribution in [2.45, 2.75) is 18.9 Å². The molecule has 0 aromatic heterocycles. The van der Waals surface area contributed by atoms with Crippen molar-refractivity contribution in [1.29, 1.82) is 0 Å². The van der Waals surface area contributed by atoms with Gasteiger partial charge in [-0.05, 0) is 30.2 Å². The zero-order valence-corrected chi connectivity index (χ0v) is 14.1. The number of hydrogen-bond donors (Lipinski definition) is 1. The highest BCUT2D eigenvalue weighted by molar-refractivity contribution is 6.31. The Bertz CT molecular complexity index is 852. The van der Waals surface area contributed by atoms with Crippen molar-refractivity contribution >= 4 is 23.5 Å². The molecule has 1 heterocycles. The van der Waals surface area contributed by atoms with Crippen molar-refractivity contribution < 1.29 is 9.18 Å². The van der Waals surface area contributed by atoms with Crippen LogP contribution >= 0.6 is 11.6 Å². The quantitative estimate of drug-likeness (QED) is 0.905. The van der Waals surface area contributed by atoms with Gasteiger partial charge >= 0.3 is 0 Å². The summed E-state index contributed by atoms with van der Waals surface area (Å²) in [5.74, 6) is -0.402. The van der Waals surface area contributed by atoms with E-state index in [-0.39, 0.29) is 23.3 Å². The second-order valence-electron chi connectivity index (χ2n) is 6.06. The van der Waals surface area contributed by atoms with E-state index in [9.17, 15) is 9.18 Å². The van der Waals surface area contributed by atoms with Gasteiger partial charge in [0.15, 0.2) is 5.96 Å². The van der Waals surface area contributed by atoms with Gasteiger partial charge in [-0.2, -0.15) is 0 Å². The number of rotatable bonds is 2. The first kappa shape index (κ1) is 16.5. The lowest BCUT2D eigenvalue weighted by atomic mass is 9.86. The van der Waals surface area contributed by atoms with E-state index in [4.69, 9.17) is 17.3 Å². The average Bonchev–Trinajstić information content (AvgIpc) is 2.55. The summed E-state index contributed by atoms with van der Waals surface area (Å²) < 4.78 is 14.3. The van der Waals surface area contributed by atoms with Crippen LogP contribution in [-0.2, 0) is 10.3 Å². The molecule has 1 aliphatic rings. The van der Waals surface area contributed by atoms with Crippen LogP contribution in [0.4, 0.5) is 4.39 Å². The number of nitrogens with two attached hydrogens (primary N) is 1. The molecule has 2 aromatic rings. The minimum absolute atomic E-state index is 0.0702. The van der Waals surface area contributed by atoms with Crippen LogP contribution in [0.3, 0.4) is 0 Å². The van der Waals surface area contributed by atoms with Crippen LogP contribution in [0.1, 0.15) is 18.9 Å². The van der Waals surface area contributed by atoms with E-state index in [0.717, 1.165) is 5.56 Å². The second kappa shape index (κ2) is 5.91. The van der Waals surface area contributed by atoms with Crippen LogP contribution in [0.25, 0.3) is 11.1 Å². The number of amides is 1. The topological polar surface area (TPSA) is 58.7 Å². The van der Waals surface area contributed by atoms with Crippen molar-refractivity contribution in [2.24, 2.45) is 10.7 Å². The summed E-state index contributed by atoms with van der Waals surface area (Å²) in [6, 6.07) is 12.2. The summed E-state index contributed by atoms with van der Waals surface area (Å²) in [7, 11) is 1.60. The highest BCUT2D eigenvalue weighted by atomic mass is 35.5. The number of halogens is 2. The van der Waals surface area contributed by atoms with Crippen molar-refractivity contribution in [1.82, 2.24) is 4.90 Å². The first-order valence-corrected chi connectivity index (χ1v) is 7.86. The molecule has 0 spiro atoms. The van der Waals surface area contributed by atoms with Crippen LogP contribution in [0.2, 0.25) is 5.02 Å². The van der Waals surface area contributed by atoms with E-state index < -0.39 is 11.4 Å². The predicted octanol–water partition coefficient (Wildman–Crippen LogP) is 3.54. The molecular weight excluding hydrogens is 329 g/mol. The van der Waals surface area contributed by atoms with E-state index in [0.29, 0.717) is 11.1 Å². The molecule has 24 heavy (non-hydrogen) atoms. The molecule has 1 atom stereocenters. The largest absolute Gasteiger partial charge is 0.369 e. The molecule has 0 saturated heterocycles. The van der Waals surface area contributed by atoms with Gasteiger partial charge in [0, 0.05) is 12.6 Å². The van der Waals surface area contributed by atoms with E-state index in [1.54, 1.807) is 25.2 Å². The van der Waals surface area contributed by atoms with Gasteiger partial charge in [-0.1, -0.05) is 41.9 Å². The molecule has 0 aliphatic carbocycles. The summed E-state index contributed by atoms with van der Waals surface area (Å²) >= 11 is 5.87. The Hall–Kier alpha value is -2.40. The fourth-order valence-corrected chi connectivity index (χ4v) is 3.00. The summed E-state index contributed by atoms with van der Waals surface area (Å²) in [4.78, 5) is 17.9. The van der Waals surface area contributed by atoms with Crippen LogP contribution in [0, 0.1) is 5.82 Å². The summed E-state index contributed by atoms with van der Waals surface area (Å²) in [5.41, 5.74) is 6.95. The van der Waals surface area contributed by atoms with E-state index in [1.807, 2.05) is 25.1 Å². The van der Waals surface area contributed by atoms with Gasteiger partial charge in [-0.15, -0.1) is 0 Å². The lowest BCUT2D eigenvalue weighted by Gasteiger charge is -2.33. The zero-order valence-electron chi connectivity index (χ0n) is 13.4. The van der Waals surface area contributed by atoms with Gasteiger partial charge < -0.3 is 5.73 Å². The van der Waals surface area contributed by atoms with Gasteiger partial charge in [-0.3, -0.25) is 9.69 Å². The van der Waals surface area contributed by atoms with Crippen LogP contribution < -0.4 is 5.73 Å². The summed E-state index contributed by atoms with van der Waals surface area (Å²) in [5, 5.41) is 0.0702. The van der Waals surface area contributed by atoms with Gasteiger partial charge in [0.05, 0.1) is 17.0 Å². The molecule has 3 rings (SSSR count). The van der Waals surface area contributed by atoms with Gasteiger partial charge in [0.2, 0.25) is 5.91 Å².